The van der Waals surface area contributed by atoms with E-state index in [0.29, 0.717) is 27.4 Å². The predicted molar refractivity (Wildman–Crippen MR) is 109 cm³/mol. The highest BCUT2D eigenvalue weighted by Gasteiger charge is 2.21. The molecule has 1 amide bonds. The van der Waals surface area contributed by atoms with Crippen molar-refractivity contribution < 1.29 is 13.9 Å². The Labute approximate surface area is 169 Å². The molecule has 1 aliphatic rings. The Morgan fingerprint density at radius 1 is 1.14 bits per heavy atom. The van der Waals surface area contributed by atoms with Crippen molar-refractivity contribution in [3.05, 3.63) is 52.8 Å². The third-order valence-electron chi connectivity index (χ3n) is 4.47. The largest absolute Gasteiger partial charge is 0.483 e. The summed E-state index contributed by atoms with van der Waals surface area (Å²) in [5.74, 6) is 0.743. The maximum atomic E-state index is 13.2. The monoisotopic (exact) mass is 444 g/mol. The van der Waals surface area contributed by atoms with E-state index >= 15 is 0 Å². The lowest BCUT2D eigenvalue weighted by atomic mass is 10.3. The normalized spacial score (nSPS) is 13.7. The molecule has 0 aliphatic carbocycles. The smallest absolute Gasteiger partial charge is 0.263 e. The van der Waals surface area contributed by atoms with Crippen LogP contribution in [0, 0.1) is 5.82 Å². The number of hydrogen-bond acceptors (Lipinski definition) is 5. The summed E-state index contributed by atoms with van der Waals surface area (Å²) in [5, 5.41) is 2.81. The number of carbonyl (C=O) groups is 1. The van der Waals surface area contributed by atoms with Gasteiger partial charge in [-0.15, -0.1) is 0 Å². The molecule has 2 heterocycles. The molecule has 1 N–H and O–H groups in total. The molecule has 1 saturated heterocycles. The number of carbonyl (C=O) groups excluding carboxylic acids is 1. The van der Waals surface area contributed by atoms with Gasteiger partial charge in [-0.25, -0.2) is 14.4 Å². The molecule has 0 atom stereocenters. The number of rotatable bonds is 5. The van der Waals surface area contributed by atoms with Crippen molar-refractivity contribution >= 4 is 44.5 Å². The molecule has 0 unspecified atom stereocenters. The summed E-state index contributed by atoms with van der Waals surface area (Å²) in [5.41, 5.74) is 1.50. The fraction of sp³-hybridized carbons (Fsp3) is 0.250. The molecule has 3 aromatic rings. The molecule has 2 aromatic carbocycles. The number of para-hydroxylation sites is 2. The number of nitrogens with zero attached hydrogens (tertiary/aromatic N) is 3. The molecule has 8 heteroatoms. The number of amides is 1. The van der Waals surface area contributed by atoms with E-state index in [-0.39, 0.29) is 18.3 Å². The van der Waals surface area contributed by atoms with Gasteiger partial charge in [0.15, 0.2) is 18.2 Å². The number of benzene rings is 2. The summed E-state index contributed by atoms with van der Waals surface area (Å²) in [4.78, 5) is 23.9. The van der Waals surface area contributed by atoms with Crippen LogP contribution in [0.2, 0.25) is 0 Å². The highest BCUT2D eigenvalue weighted by Crippen LogP contribution is 2.28. The fourth-order valence-electron chi connectivity index (χ4n) is 3.13. The number of fused-ring (bicyclic) bond motifs is 1. The highest BCUT2D eigenvalue weighted by molar-refractivity contribution is 9.10. The van der Waals surface area contributed by atoms with Crippen molar-refractivity contribution in [3.8, 4) is 5.75 Å². The van der Waals surface area contributed by atoms with Crippen molar-refractivity contribution in [1.29, 1.82) is 0 Å². The van der Waals surface area contributed by atoms with E-state index in [1.807, 2.05) is 24.3 Å². The minimum Gasteiger partial charge on any atom is -0.483 e. The van der Waals surface area contributed by atoms with Gasteiger partial charge in [0.25, 0.3) is 5.91 Å². The molecule has 28 heavy (non-hydrogen) atoms. The van der Waals surface area contributed by atoms with E-state index in [1.54, 1.807) is 0 Å². The zero-order chi connectivity index (χ0) is 19.5. The van der Waals surface area contributed by atoms with Crippen molar-refractivity contribution in [2.45, 2.75) is 12.8 Å². The first kappa shape index (κ1) is 18.6. The molecule has 1 aliphatic heterocycles. The molecular formula is C20H18BrFN4O2. The van der Waals surface area contributed by atoms with E-state index in [2.05, 4.69) is 31.1 Å². The van der Waals surface area contributed by atoms with Crippen LogP contribution < -0.4 is 15.0 Å². The van der Waals surface area contributed by atoms with Gasteiger partial charge >= 0.3 is 0 Å². The summed E-state index contributed by atoms with van der Waals surface area (Å²) in [6.45, 7) is 1.54. The van der Waals surface area contributed by atoms with Gasteiger partial charge in [0.1, 0.15) is 11.6 Å². The maximum absolute atomic E-state index is 13.2. The maximum Gasteiger partial charge on any atom is 0.263 e. The Bertz CT molecular complexity index is 1020. The van der Waals surface area contributed by atoms with Crippen LogP contribution in [0.3, 0.4) is 0 Å². The Morgan fingerprint density at radius 3 is 2.57 bits per heavy atom. The van der Waals surface area contributed by atoms with E-state index in [9.17, 15) is 9.18 Å². The molecule has 0 radical (unpaired) electrons. The summed E-state index contributed by atoms with van der Waals surface area (Å²) in [6, 6.07) is 11.6. The van der Waals surface area contributed by atoms with Gasteiger partial charge in [-0.05, 0) is 59.1 Å². The van der Waals surface area contributed by atoms with Crippen LogP contribution in [0.4, 0.5) is 16.0 Å². The Balaban J connectivity index is 1.54. The second kappa shape index (κ2) is 8.10. The molecular weight excluding hydrogens is 427 g/mol. The van der Waals surface area contributed by atoms with Crippen LogP contribution in [0.25, 0.3) is 11.0 Å². The van der Waals surface area contributed by atoms with Crippen molar-refractivity contribution in [2.24, 2.45) is 0 Å². The van der Waals surface area contributed by atoms with Gasteiger partial charge in [-0.2, -0.15) is 0 Å². The first-order valence-corrected chi connectivity index (χ1v) is 9.79. The van der Waals surface area contributed by atoms with Gasteiger partial charge in [0, 0.05) is 13.1 Å². The zero-order valence-corrected chi connectivity index (χ0v) is 16.6. The van der Waals surface area contributed by atoms with E-state index in [1.165, 1.54) is 18.2 Å². The number of aromatic nitrogens is 2. The van der Waals surface area contributed by atoms with E-state index in [0.717, 1.165) is 31.4 Å². The highest BCUT2D eigenvalue weighted by atomic mass is 79.9. The Kier molecular flexibility index (Phi) is 5.38. The van der Waals surface area contributed by atoms with Gasteiger partial charge < -0.3 is 15.0 Å². The van der Waals surface area contributed by atoms with E-state index in [4.69, 9.17) is 9.72 Å². The molecule has 0 spiro atoms. The van der Waals surface area contributed by atoms with Crippen molar-refractivity contribution in [2.75, 3.05) is 29.9 Å². The standard InChI is InChI=1S/C20H18BrFN4O2/c21-14-11-13(22)7-8-17(14)28-12-18(27)25-19-20(26-9-3-4-10-26)24-16-6-2-1-5-15(16)23-19/h1-2,5-8,11H,3-4,9-10,12H2,(H,23,25,27). The molecule has 1 aromatic heterocycles. The van der Waals surface area contributed by atoms with Crippen molar-refractivity contribution in [1.82, 2.24) is 9.97 Å². The second-order valence-corrected chi connectivity index (χ2v) is 7.34. The van der Waals surface area contributed by atoms with Gasteiger partial charge in [-0.3, -0.25) is 4.79 Å². The summed E-state index contributed by atoms with van der Waals surface area (Å²) in [7, 11) is 0. The number of hydrogen-bond donors (Lipinski definition) is 1. The van der Waals surface area contributed by atoms with Crippen LogP contribution in [-0.4, -0.2) is 35.6 Å². The minimum atomic E-state index is -0.384. The quantitative estimate of drug-likeness (QED) is 0.639. The lowest BCUT2D eigenvalue weighted by Gasteiger charge is -2.20. The number of anilines is 2. The zero-order valence-electron chi connectivity index (χ0n) is 15.0. The third-order valence-corrected chi connectivity index (χ3v) is 5.09. The fourth-order valence-corrected chi connectivity index (χ4v) is 3.59. The average Bonchev–Trinajstić information content (AvgIpc) is 3.21. The lowest BCUT2D eigenvalue weighted by Crippen LogP contribution is -2.25. The van der Waals surface area contributed by atoms with Crippen LogP contribution in [0.15, 0.2) is 46.9 Å². The topological polar surface area (TPSA) is 67.3 Å². The molecule has 144 valence electrons. The first-order valence-electron chi connectivity index (χ1n) is 8.99. The summed E-state index contributed by atoms with van der Waals surface area (Å²) >= 11 is 3.22. The summed E-state index contributed by atoms with van der Waals surface area (Å²) in [6.07, 6.45) is 2.17. The SMILES string of the molecule is O=C(COc1ccc(F)cc1Br)Nc1nc2ccccc2nc1N1CCCC1. The average molecular weight is 445 g/mol. The Morgan fingerprint density at radius 2 is 1.86 bits per heavy atom. The van der Waals surface area contributed by atoms with Crippen LogP contribution in [0.5, 0.6) is 5.75 Å². The lowest BCUT2D eigenvalue weighted by molar-refractivity contribution is -0.118. The first-order chi connectivity index (χ1) is 13.6. The predicted octanol–water partition coefficient (Wildman–Crippen LogP) is 4.15. The van der Waals surface area contributed by atoms with Crippen LogP contribution in [0.1, 0.15) is 12.8 Å². The minimum absolute atomic E-state index is 0.224. The van der Waals surface area contributed by atoms with Crippen LogP contribution >= 0.6 is 15.9 Å². The van der Waals surface area contributed by atoms with Crippen molar-refractivity contribution in [3.63, 3.8) is 0 Å². The number of ether oxygens (including phenoxy) is 1. The van der Waals surface area contributed by atoms with E-state index < -0.39 is 0 Å². The number of halogens is 2. The van der Waals surface area contributed by atoms with Gasteiger partial charge in [0.2, 0.25) is 0 Å². The van der Waals surface area contributed by atoms with Crippen LogP contribution in [-0.2, 0) is 4.79 Å². The van der Waals surface area contributed by atoms with Gasteiger partial charge in [0.05, 0.1) is 15.5 Å². The molecule has 6 nitrogen and oxygen atoms in total. The molecule has 0 bridgehead atoms. The van der Waals surface area contributed by atoms with Gasteiger partial charge in [-0.1, -0.05) is 12.1 Å². The number of nitrogens with one attached hydrogen (secondary N) is 1. The Hall–Kier alpha value is -2.74. The molecule has 0 saturated carbocycles. The third kappa shape index (κ3) is 4.06. The second-order valence-electron chi connectivity index (χ2n) is 6.49. The summed E-state index contributed by atoms with van der Waals surface area (Å²) < 4.78 is 19.1. The molecule has 1 fully saturated rings. The molecule has 4 rings (SSSR count).